The summed E-state index contributed by atoms with van der Waals surface area (Å²) in [4.78, 5) is 17.0. The Labute approximate surface area is 115 Å². The quantitative estimate of drug-likeness (QED) is 0.678. The van der Waals surface area contributed by atoms with E-state index in [1.807, 2.05) is 0 Å². The minimum absolute atomic E-state index is 0.0235. The van der Waals surface area contributed by atoms with Crippen molar-refractivity contribution in [1.29, 1.82) is 0 Å². The highest BCUT2D eigenvalue weighted by atomic mass is 35.5. The Morgan fingerprint density at radius 2 is 2.16 bits per heavy atom. The van der Waals surface area contributed by atoms with Crippen LogP contribution in [-0.4, -0.2) is 19.7 Å². The van der Waals surface area contributed by atoms with Gasteiger partial charge in [0, 0.05) is 0 Å². The summed E-state index contributed by atoms with van der Waals surface area (Å²) in [6, 6.07) is 4.15. The molecule has 0 aliphatic rings. The first-order chi connectivity index (χ1) is 9.06. The fourth-order valence-electron chi connectivity index (χ4n) is 1.76. The molecule has 0 fully saturated rings. The summed E-state index contributed by atoms with van der Waals surface area (Å²) >= 11 is 10.6. The third-order valence-electron chi connectivity index (χ3n) is 2.62. The van der Waals surface area contributed by atoms with Gasteiger partial charge in [-0.2, -0.15) is 5.10 Å². The number of rotatable bonds is 1. The van der Waals surface area contributed by atoms with Gasteiger partial charge in [-0.25, -0.2) is 9.07 Å². The number of H-pyrrole nitrogens is 2. The molecule has 8 heteroatoms. The number of aromatic nitrogens is 4. The van der Waals surface area contributed by atoms with E-state index in [1.54, 1.807) is 0 Å². The molecule has 19 heavy (non-hydrogen) atoms. The maximum absolute atomic E-state index is 13.1. The number of benzene rings is 1. The van der Waals surface area contributed by atoms with Gasteiger partial charge in [-0.3, -0.25) is 9.78 Å². The van der Waals surface area contributed by atoms with Crippen LogP contribution in [0.25, 0.3) is 16.7 Å². The van der Waals surface area contributed by atoms with Gasteiger partial charge in [0.2, 0.25) is 0 Å². The summed E-state index contributed by atoms with van der Waals surface area (Å²) in [5.74, 6) is -0.521. The van der Waals surface area contributed by atoms with Crippen LogP contribution in [0.4, 0.5) is 4.39 Å². The molecule has 5 nitrogen and oxygen atoms in total. The second kappa shape index (κ2) is 4.29. The molecule has 0 amide bonds. The Balaban J connectivity index is 2.34. The van der Waals surface area contributed by atoms with Crippen LogP contribution < -0.4 is 5.56 Å². The Morgan fingerprint density at radius 3 is 2.89 bits per heavy atom. The van der Waals surface area contributed by atoms with E-state index in [4.69, 9.17) is 23.8 Å². The summed E-state index contributed by atoms with van der Waals surface area (Å²) in [7, 11) is 0. The van der Waals surface area contributed by atoms with E-state index < -0.39 is 5.82 Å². The highest BCUT2D eigenvalue weighted by Gasteiger charge is 2.10. The fourth-order valence-corrected chi connectivity index (χ4v) is 2.12. The molecule has 0 saturated carbocycles. The minimum atomic E-state index is -0.521. The molecule has 0 bridgehead atoms. The van der Waals surface area contributed by atoms with Crippen molar-refractivity contribution < 1.29 is 4.39 Å². The number of fused-ring (bicyclic) bond motifs is 1. The van der Waals surface area contributed by atoms with Crippen LogP contribution in [0.15, 0.2) is 29.2 Å². The SMILES string of the molecule is O=c1[nH]c(=S)[nH]c2c1cnn2-c1ccc(F)c(Cl)c1. The predicted octanol–water partition coefficient (Wildman–Crippen LogP) is 2.56. The van der Waals surface area contributed by atoms with Crippen molar-refractivity contribution in [3.8, 4) is 5.69 Å². The van der Waals surface area contributed by atoms with Gasteiger partial charge in [0.05, 0.1) is 16.9 Å². The van der Waals surface area contributed by atoms with Crippen molar-refractivity contribution >= 4 is 34.9 Å². The van der Waals surface area contributed by atoms with Crippen molar-refractivity contribution in [2.75, 3.05) is 0 Å². The summed E-state index contributed by atoms with van der Waals surface area (Å²) in [5, 5.41) is 4.41. The molecule has 0 atom stereocenters. The lowest BCUT2D eigenvalue weighted by Crippen LogP contribution is -2.08. The molecule has 2 heterocycles. The predicted molar refractivity (Wildman–Crippen MR) is 71.8 cm³/mol. The molecule has 3 rings (SSSR count). The second-order valence-electron chi connectivity index (χ2n) is 3.83. The van der Waals surface area contributed by atoms with Gasteiger partial charge in [-0.05, 0) is 30.4 Å². The molecule has 96 valence electrons. The van der Waals surface area contributed by atoms with Crippen molar-refractivity contribution in [3.05, 3.63) is 50.4 Å². The third kappa shape index (κ3) is 1.96. The van der Waals surface area contributed by atoms with Gasteiger partial charge >= 0.3 is 0 Å². The first-order valence-electron chi connectivity index (χ1n) is 5.22. The first-order valence-corrected chi connectivity index (χ1v) is 6.00. The molecule has 0 aliphatic carbocycles. The largest absolute Gasteiger partial charge is 0.316 e. The zero-order chi connectivity index (χ0) is 13.6. The molecule has 0 aliphatic heterocycles. The number of hydrogen-bond acceptors (Lipinski definition) is 3. The smallest absolute Gasteiger partial charge is 0.262 e. The number of aromatic amines is 2. The maximum atomic E-state index is 13.1. The second-order valence-corrected chi connectivity index (χ2v) is 4.64. The van der Waals surface area contributed by atoms with Crippen LogP contribution in [0, 0.1) is 10.6 Å². The van der Waals surface area contributed by atoms with Gasteiger partial charge in [0.1, 0.15) is 16.9 Å². The number of hydrogen-bond donors (Lipinski definition) is 2. The van der Waals surface area contributed by atoms with E-state index in [9.17, 15) is 9.18 Å². The van der Waals surface area contributed by atoms with E-state index in [0.29, 0.717) is 16.7 Å². The first kappa shape index (κ1) is 12.1. The Kier molecular flexibility index (Phi) is 2.72. The van der Waals surface area contributed by atoms with E-state index in [2.05, 4.69) is 15.1 Å². The lowest BCUT2D eigenvalue weighted by molar-refractivity contribution is 0.627. The van der Waals surface area contributed by atoms with Gasteiger partial charge in [-0.1, -0.05) is 11.6 Å². The summed E-state index contributed by atoms with van der Waals surface area (Å²) in [6.07, 6.45) is 1.40. The van der Waals surface area contributed by atoms with E-state index in [1.165, 1.54) is 29.1 Å². The average molecular weight is 297 g/mol. The minimum Gasteiger partial charge on any atom is -0.316 e. The lowest BCUT2D eigenvalue weighted by atomic mass is 10.3. The monoisotopic (exact) mass is 296 g/mol. The van der Waals surface area contributed by atoms with Gasteiger partial charge < -0.3 is 4.98 Å². The topological polar surface area (TPSA) is 66.5 Å². The van der Waals surface area contributed by atoms with Crippen LogP contribution in [0.5, 0.6) is 0 Å². The van der Waals surface area contributed by atoms with Gasteiger partial charge in [0.25, 0.3) is 5.56 Å². The average Bonchev–Trinajstić information content (AvgIpc) is 2.76. The Morgan fingerprint density at radius 1 is 1.37 bits per heavy atom. The molecule has 0 spiro atoms. The van der Waals surface area contributed by atoms with Gasteiger partial charge in [0.15, 0.2) is 4.77 Å². The van der Waals surface area contributed by atoms with Crippen molar-refractivity contribution in [2.24, 2.45) is 0 Å². The number of nitrogens with one attached hydrogen (secondary N) is 2. The molecular weight excluding hydrogens is 291 g/mol. The summed E-state index contributed by atoms with van der Waals surface area (Å²) < 4.78 is 14.8. The van der Waals surface area contributed by atoms with E-state index >= 15 is 0 Å². The Hall–Kier alpha value is -1.99. The molecular formula is C11H6ClFN4OS. The molecule has 0 saturated heterocycles. The Bertz CT molecular complexity index is 898. The van der Waals surface area contributed by atoms with E-state index in [-0.39, 0.29) is 15.4 Å². The number of halogens is 2. The summed E-state index contributed by atoms with van der Waals surface area (Å²) in [6.45, 7) is 0. The third-order valence-corrected chi connectivity index (χ3v) is 3.11. The molecule has 0 radical (unpaired) electrons. The van der Waals surface area contributed by atoms with Crippen LogP contribution >= 0.6 is 23.8 Å². The standard InChI is InChI=1S/C11H6ClFN4OS/c12-7-3-5(1-2-8(7)13)17-9-6(4-14-17)10(18)16-11(19)15-9/h1-4H,(H2,15,16,18,19). The highest BCUT2D eigenvalue weighted by molar-refractivity contribution is 7.71. The van der Waals surface area contributed by atoms with Crippen molar-refractivity contribution in [2.45, 2.75) is 0 Å². The van der Waals surface area contributed by atoms with Crippen molar-refractivity contribution in [1.82, 2.24) is 19.7 Å². The number of nitrogens with zero attached hydrogens (tertiary/aromatic N) is 2. The van der Waals surface area contributed by atoms with Crippen molar-refractivity contribution in [3.63, 3.8) is 0 Å². The van der Waals surface area contributed by atoms with Crippen LogP contribution in [0.3, 0.4) is 0 Å². The summed E-state index contributed by atoms with van der Waals surface area (Å²) in [5.41, 5.74) is 0.618. The molecule has 3 aromatic rings. The molecule has 2 aromatic heterocycles. The normalized spacial score (nSPS) is 11.1. The van der Waals surface area contributed by atoms with Crippen LogP contribution in [0.1, 0.15) is 0 Å². The van der Waals surface area contributed by atoms with Crippen LogP contribution in [0.2, 0.25) is 5.02 Å². The zero-order valence-electron chi connectivity index (χ0n) is 9.28. The molecule has 1 aromatic carbocycles. The zero-order valence-corrected chi connectivity index (χ0v) is 10.8. The van der Waals surface area contributed by atoms with Gasteiger partial charge in [-0.15, -0.1) is 0 Å². The van der Waals surface area contributed by atoms with E-state index in [0.717, 1.165) is 0 Å². The fraction of sp³-hybridized carbons (Fsp3) is 0. The molecule has 0 unspecified atom stereocenters. The molecule has 2 N–H and O–H groups in total. The highest BCUT2D eigenvalue weighted by Crippen LogP contribution is 2.20. The van der Waals surface area contributed by atoms with Crippen LogP contribution in [-0.2, 0) is 0 Å². The maximum Gasteiger partial charge on any atom is 0.262 e. The lowest BCUT2D eigenvalue weighted by Gasteiger charge is -2.04.